The first-order chi connectivity index (χ1) is 15.7. The van der Waals surface area contributed by atoms with E-state index < -0.39 is 22.5 Å². The average Bonchev–Trinajstić information content (AvgIpc) is 3.39. The Balaban J connectivity index is 1.60. The Kier molecular flexibility index (Phi) is 5.89. The first kappa shape index (κ1) is 22.5. The molecule has 174 valence electrons. The molecule has 2 aromatic heterocycles. The SMILES string of the molecule is COc1cc(OC)cc(C2SCC(=O)N2NC(=O)Cn2cnc3c2c(=O)n(C)c(=O)n3C)c1. The fraction of sp³-hybridized carbons (Fsp3) is 0.350. The molecule has 2 amide bonds. The summed E-state index contributed by atoms with van der Waals surface area (Å²) in [5, 5.41) is 0.771. The van der Waals surface area contributed by atoms with Crippen LogP contribution in [0.1, 0.15) is 10.9 Å². The second kappa shape index (κ2) is 8.65. The number of ether oxygens (including phenoxy) is 2. The number of rotatable bonds is 6. The summed E-state index contributed by atoms with van der Waals surface area (Å²) in [6.07, 6.45) is 1.32. The summed E-state index contributed by atoms with van der Waals surface area (Å²) in [7, 11) is 5.91. The molecule has 33 heavy (non-hydrogen) atoms. The van der Waals surface area contributed by atoms with Crippen molar-refractivity contribution >= 4 is 34.7 Å². The highest BCUT2D eigenvalue weighted by Gasteiger charge is 2.35. The van der Waals surface area contributed by atoms with E-state index in [0.29, 0.717) is 11.5 Å². The number of fused-ring (bicyclic) bond motifs is 1. The zero-order valence-corrected chi connectivity index (χ0v) is 19.2. The van der Waals surface area contributed by atoms with Crippen LogP contribution in [0.3, 0.4) is 0 Å². The van der Waals surface area contributed by atoms with Crippen LogP contribution in [-0.2, 0) is 30.2 Å². The lowest BCUT2D eigenvalue weighted by Gasteiger charge is -2.25. The van der Waals surface area contributed by atoms with E-state index in [1.807, 2.05) is 0 Å². The number of hydrogen-bond donors (Lipinski definition) is 1. The van der Waals surface area contributed by atoms with Gasteiger partial charge in [-0.25, -0.2) is 14.8 Å². The third kappa shape index (κ3) is 3.95. The van der Waals surface area contributed by atoms with E-state index in [1.54, 1.807) is 18.2 Å². The van der Waals surface area contributed by atoms with Crippen molar-refractivity contribution in [3.05, 3.63) is 50.9 Å². The largest absolute Gasteiger partial charge is 0.497 e. The minimum absolute atomic E-state index is 0.117. The molecule has 4 rings (SSSR count). The van der Waals surface area contributed by atoms with Crippen molar-refractivity contribution in [2.45, 2.75) is 11.9 Å². The van der Waals surface area contributed by atoms with E-state index in [-0.39, 0.29) is 29.4 Å². The molecule has 0 spiro atoms. The third-order valence-electron chi connectivity index (χ3n) is 5.30. The Labute approximate surface area is 191 Å². The lowest BCUT2D eigenvalue weighted by molar-refractivity contribution is -0.139. The smallest absolute Gasteiger partial charge is 0.332 e. The normalized spacial score (nSPS) is 15.8. The lowest BCUT2D eigenvalue weighted by atomic mass is 10.2. The van der Waals surface area contributed by atoms with Crippen LogP contribution in [0.25, 0.3) is 11.2 Å². The summed E-state index contributed by atoms with van der Waals surface area (Å²) in [5.41, 5.74) is 2.56. The van der Waals surface area contributed by atoms with Crippen LogP contribution in [0.5, 0.6) is 11.5 Å². The molecule has 0 radical (unpaired) electrons. The molecular weight excluding hydrogens is 452 g/mol. The van der Waals surface area contributed by atoms with Crippen molar-refractivity contribution in [3.8, 4) is 11.5 Å². The van der Waals surface area contributed by atoms with Gasteiger partial charge < -0.3 is 14.0 Å². The van der Waals surface area contributed by atoms with Gasteiger partial charge in [-0.1, -0.05) is 0 Å². The monoisotopic (exact) mass is 474 g/mol. The number of benzene rings is 1. The van der Waals surface area contributed by atoms with Gasteiger partial charge in [-0.05, 0) is 17.7 Å². The maximum Gasteiger partial charge on any atom is 0.332 e. The fourth-order valence-electron chi connectivity index (χ4n) is 3.60. The highest BCUT2D eigenvalue weighted by molar-refractivity contribution is 8.00. The van der Waals surface area contributed by atoms with Crippen LogP contribution in [-0.4, -0.2) is 55.5 Å². The number of carbonyl (C=O) groups excluding carboxylic acids is 2. The highest BCUT2D eigenvalue weighted by atomic mass is 32.2. The molecule has 1 fully saturated rings. The number of nitrogens with one attached hydrogen (secondary N) is 1. The molecule has 1 atom stereocenters. The first-order valence-corrected chi connectivity index (χ1v) is 10.9. The third-order valence-corrected chi connectivity index (χ3v) is 6.52. The van der Waals surface area contributed by atoms with Crippen LogP contribution in [0.2, 0.25) is 0 Å². The summed E-state index contributed by atoms with van der Waals surface area (Å²) in [5.74, 6) is 0.500. The molecule has 3 aromatic rings. The number of amides is 2. The molecule has 1 aliphatic heterocycles. The number of aromatic nitrogens is 4. The van der Waals surface area contributed by atoms with Crippen molar-refractivity contribution < 1.29 is 19.1 Å². The molecule has 1 saturated heterocycles. The summed E-state index contributed by atoms with van der Waals surface area (Å²) >= 11 is 1.35. The maximum atomic E-state index is 12.8. The Morgan fingerprint density at radius 2 is 1.79 bits per heavy atom. The first-order valence-electron chi connectivity index (χ1n) is 9.82. The molecule has 12 nitrogen and oxygen atoms in total. The van der Waals surface area contributed by atoms with E-state index in [2.05, 4.69) is 10.4 Å². The van der Waals surface area contributed by atoms with E-state index >= 15 is 0 Å². The predicted molar refractivity (Wildman–Crippen MR) is 120 cm³/mol. The Morgan fingerprint density at radius 3 is 2.42 bits per heavy atom. The minimum atomic E-state index is -0.562. The second-order valence-electron chi connectivity index (χ2n) is 7.36. The fourth-order valence-corrected chi connectivity index (χ4v) is 4.69. The van der Waals surface area contributed by atoms with Crippen molar-refractivity contribution in [2.75, 3.05) is 20.0 Å². The summed E-state index contributed by atoms with van der Waals surface area (Å²) in [6, 6.07) is 5.25. The second-order valence-corrected chi connectivity index (χ2v) is 8.43. The Morgan fingerprint density at radius 1 is 1.12 bits per heavy atom. The Bertz CT molecular complexity index is 1350. The molecule has 0 bridgehead atoms. The van der Waals surface area contributed by atoms with Crippen molar-refractivity contribution in [3.63, 3.8) is 0 Å². The average molecular weight is 474 g/mol. The van der Waals surface area contributed by atoms with Crippen molar-refractivity contribution in [1.82, 2.24) is 29.1 Å². The van der Waals surface area contributed by atoms with Crippen molar-refractivity contribution in [2.24, 2.45) is 14.1 Å². The molecule has 13 heteroatoms. The van der Waals surface area contributed by atoms with Gasteiger partial charge >= 0.3 is 5.69 Å². The standard InChI is InChI=1S/C20H22N6O6S/c1-23-17-16(18(29)24(2)20(23)30)25(10-21-17)8-14(27)22-26-15(28)9-33-19(26)11-5-12(31-3)7-13(6-11)32-4/h5-7,10,19H,8-9H2,1-4H3,(H,22,27). The van der Waals surface area contributed by atoms with Gasteiger partial charge in [0.25, 0.3) is 17.4 Å². The van der Waals surface area contributed by atoms with E-state index in [1.165, 1.54) is 60.5 Å². The van der Waals surface area contributed by atoms with Crippen LogP contribution in [0.15, 0.2) is 34.1 Å². The van der Waals surface area contributed by atoms with Crippen LogP contribution in [0.4, 0.5) is 0 Å². The van der Waals surface area contributed by atoms with Crippen molar-refractivity contribution in [1.29, 1.82) is 0 Å². The molecule has 1 aliphatic rings. The number of hydrazine groups is 1. The van der Waals surface area contributed by atoms with Gasteiger partial charge in [0.2, 0.25) is 0 Å². The lowest BCUT2D eigenvalue weighted by Crippen LogP contribution is -2.46. The number of hydrogen-bond acceptors (Lipinski definition) is 8. The van der Waals surface area contributed by atoms with Crippen LogP contribution >= 0.6 is 11.8 Å². The van der Waals surface area contributed by atoms with E-state index in [9.17, 15) is 19.2 Å². The number of thioether (sulfide) groups is 1. The van der Waals surface area contributed by atoms with E-state index in [4.69, 9.17) is 9.47 Å². The number of carbonyl (C=O) groups is 2. The number of methoxy groups -OCH3 is 2. The zero-order valence-electron chi connectivity index (χ0n) is 18.4. The number of aryl methyl sites for hydroxylation is 1. The van der Waals surface area contributed by atoms with E-state index in [0.717, 1.165) is 10.1 Å². The summed E-state index contributed by atoms with van der Waals surface area (Å²) in [4.78, 5) is 54.1. The number of imidazole rings is 1. The molecule has 3 heterocycles. The summed E-state index contributed by atoms with van der Waals surface area (Å²) < 4.78 is 14.1. The molecule has 0 aliphatic carbocycles. The van der Waals surface area contributed by atoms with Crippen LogP contribution in [0, 0.1) is 0 Å². The number of nitrogens with zero attached hydrogens (tertiary/aromatic N) is 5. The summed E-state index contributed by atoms with van der Waals surface area (Å²) in [6.45, 7) is -0.271. The maximum absolute atomic E-state index is 12.8. The van der Waals surface area contributed by atoms with Gasteiger partial charge in [0.15, 0.2) is 11.2 Å². The van der Waals surface area contributed by atoms with Gasteiger partial charge in [-0.15, -0.1) is 11.8 Å². The zero-order chi connectivity index (χ0) is 23.9. The molecule has 1 aromatic carbocycles. The Hall–Kier alpha value is -3.74. The molecule has 1 unspecified atom stereocenters. The molecule has 0 saturated carbocycles. The quantitative estimate of drug-likeness (QED) is 0.518. The van der Waals surface area contributed by atoms with Gasteiger partial charge in [0.05, 0.1) is 26.3 Å². The molecular formula is C20H22N6O6S. The predicted octanol–water partition coefficient (Wildman–Crippen LogP) is -0.244. The van der Waals surface area contributed by atoms with Crippen LogP contribution < -0.4 is 26.1 Å². The van der Waals surface area contributed by atoms with Gasteiger partial charge in [0, 0.05) is 20.2 Å². The minimum Gasteiger partial charge on any atom is -0.497 e. The van der Waals surface area contributed by atoms with Gasteiger partial charge in [0.1, 0.15) is 23.4 Å². The highest BCUT2D eigenvalue weighted by Crippen LogP contribution is 2.40. The topological polar surface area (TPSA) is 130 Å². The van der Waals surface area contributed by atoms with Gasteiger partial charge in [-0.2, -0.15) is 0 Å². The van der Waals surface area contributed by atoms with Gasteiger partial charge in [-0.3, -0.25) is 28.9 Å². The molecule has 1 N–H and O–H groups in total.